The van der Waals surface area contributed by atoms with Crippen LogP contribution in [0.2, 0.25) is 0 Å². The van der Waals surface area contributed by atoms with Gasteiger partial charge < -0.3 is 0 Å². The standard InChI is InChI=1S/C60H33B5N6/c61-51-50(52(62)54(64)55(65)53(51)63)44-28-29-46(56-47-22-7-8-23-49(47)67-57(68-56)37-13-3-1-4-14-37)48(33-44)36-24-26-39(27-25-36)59-69-58(38-15-5-2-6-16-38)70-60(71-59)45-21-11-20-43(32-45)42-19-10-18-41(31-42)40-17-9-12-35(30-40)34-66/h1-33H. The third kappa shape index (κ3) is 8.66. The van der Waals surface area contributed by atoms with Crippen LogP contribution in [0.3, 0.4) is 0 Å². The number of para-hydroxylation sites is 1. The van der Waals surface area contributed by atoms with E-state index in [1.807, 2.05) is 170 Å². The normalized spacial score (nSPS) is 11.1. The molecule has 11 rings (SSSR count). The number of rotatable bonds is 9. The zero-order valence-electron chi connectivity index (χ0n) is 38.1. The minimum atomic E-state index is 0.145. The Balaban J connectivity index is 1.04. The Morgan fingerprint density at radius 1 is 0.310 bits per heavy atom. The van der Waals surface area contributed by atoms with Crippen molar-refractivity contribution in [2.75, 3.05) is 0 Å². The molecule has 71 heavy (non-hydrogen) atoms. The van der Waals surface area contributed by atoms with E-state index in [4.69, 9.17) is 64.2 Å². The van der Waals surface area contributed by atoms with E-state index in [1.54, 1.807) is 0 Å². The van der Waals surface area contributed by atoms with Crippen molar-refractivity contribution in [3.8, 4) is 107 Å². The lowest BCUT2D eigenvalue weighted by molar-refractivity contribution is 1.07. The summed E-state index contributed by atoms with van der Waals surface area (Å²) in [4.78, 5) is 25.4. The predicted octanol–water partition coefficient (Wildman–Crippen LogP) is 8.66. The van der Waals surface area contributed by atoms with Gasteiger partial charge in [0.05, 0.1) is 22.8 Å². The quantitative estimate of drug-likeness (QED) is 0.135. The molecule has 11 aromatic rings. The average molecular weight is 892 g/mol. The van der Waals surface area contributed by atoms with Gasteiger partial charge in [0.2, 0.25) is 0 Å². The molecule has 10 radical (unpaired) electrons. The summed E-state index contributed by atoms with van der Waals surface area (Å²) < 4.78 is 0. The molecule has 0 fully saturated rings. The minimum absolute atomic E-state index is 0.145. The predicted molar refractivity (Wildman–Crippen MR) is 294 cm³/mol. The largest absolute Gasteiger partial charge is 0.228 e. The van der Waals surface area contributed by atoms with Crippen molar-refractivity contribution in [3.63, 3.8) is 0 Å². The summed E-state index contributed by atoms with van der Waals surface area (Å²) in [6, 6.07) is 68.3. The van der Waals surface area contributed by atoms with E-state index in [-0.39, 0.29) is 27.3 Å². The van der Waals surface area contributed by atoms with Gasteiger partial charge >= 0.3 is 0 Å². The molecule has 6 nitrogen and oxygen atoms in total. The van der Waals surface area contributed by atoms with Crippen LogP contribution in [0.15, 0.2) is 200 Å². The van der Waals surface area contributed by atoms with Crippen molar-refractivity contribution >= 4 is 77.4 Å². The Morgan fingerprint density at radius 2 is 0.746 bits per heavy atom. The topological polar surface area (TPSA) is 88.2 Å². The lowest BCUT2D eigenvalue weighted by atomic mass is 9.59. The second kappa shape index (κ2) is 18.9. The van der Waals surface area contributed by atoms with Crippen LogP contribution in [-0.4, -0.2) is 64.2 Å². The first kappa shape index (κ1) is 44.6. The molecule has 0 saturated heterocycles. The third-order valence-corrected chi connectivity index (χ3v) is 12.7. The maximum absolute atomic E-state index is 9.54. The lowest BCUT2D eigenvalue weighted by Crippen LogP contribution is -2.55. The van der Waals surface area contributed by atoms with E-state index < -0.39 is 0 Å². The molecule has 0 spiro atoms. The highest BCUT2D eigenvalue weighted by molar-refractivity contribution is 6.68. The molecule has 9 aromatic carbocycles. The molecule has 0 bridgehead atoms. The fourth-order valence-electron chi connectivity index (χ4n) is 8.94. The van der Waals surface area contributed by atoms with Crippen LogP contribution in [0, 0.1) is 11.3 Å². The smallest absolute Gasteiger partial charge is 0.164 e. The number of benzene rings is 9. The summed E-state index contributed by atoms with van der Waals surface area (Å²) in [7, 11) is 32.4. The van der Waals surface area contributed by atoms with E-state index in [9.17, 15) is 5.26 Å². The highest BCUT2D eigenvalue weighted by Crippen LogP contribution is 2.39. The molecule has 2 heterocycles. The van der Waals surface area contributed by atoms with E-state index in [0.29, 0.717) is 40.0 Å². The molecule has 0 atom stereocenters. The number of fused-ring (bicyclic) bond motifs is 1. The molecular weight excluding hydrogens is 859 g/mol. The van der Waals surface area contributed by atoms with E-state index in [2.05, 4.69) is 36.4 Å². The van der Waals surface area contributed by atoms with Crippen LogP contribution in [0.5, 0.6) is 0 Å². The van der Waals surface area contributed by atoms with Gasteiger partial charge in [0.15, 0.2) is 23.3 Å². The Kier molecular flexibility index (Phi) is 11.9. The summed E-state index contributed by atoms with van der Waals surface area (Å²) >= 11 is 0. The van der Waals surface area contributed by atoms with Crippen molar-refractivity contribution in [3.05, 3.63) is 206 Å². The zero-order valence-corrected chi connectivity index (χ0v) is 38.1. The van der Waals surface area contributed by atoms with E-state index in [1.165, 1.54) is 0 Å². The van der Waals surface area contributed by atoms with Crippen molar-refractivity contribution in [1.29, 1.82) is 5.26 Å². The Hall–Kier alpha value is -8.86. The maximum Gasteiger partial charge on any atom is 0.164 e. The summed E-state index contributed by atoms with van der Waals surface area (Å²) in [5, 5.41) is 10.4. The molecule has 318 valence electrons. The highest BCUT2D eigenvalue weighted by atomic mass is 15.0. The van der Waals surface area contributed by atoms with Crippen molar-refractivity contribution < 1.29 is 0 Å². The summed E-state index contributed by atoms with van der Waals surface area (Å²) in [6.07, 6.45) is 0. The Morgan fingerprint density at radius 3 is 1.35 bits per heavy atom. The molecule has 2 aromatic heterocycles. The number of nitrogens with zero attached hydrogens (tertiary/aromatic N) is 6. The van der Waals surface area contributed by atoms with Crippen LogP contribution >= 0.6 is 0 Å². The zero-order chi connectivity index (χ0) is 48.6. The summed E-state index contributed by atoms with van der Waals surface area (Å²) in [5.41, 5.74) is 14.2. The molecule has 0 amide bonds. The van der Waals surface area contributed by atoms with Crippen molar-refractivity contribution in [1.82, 2.24) is 24.9 Å². The van der Waals surface area contributed by atoms with Crippen molar-refractivity contribution in [2.24, 2.45) is 0 Å². The fraction of sp³-hybridized carbons (Fsp3) is 0. The van der Waals surface area contributed by atoms with Gasteiger partial charge in [-0.15, -0.1) is 16.4 Å². The maximum atomic E-state index is 9.54. The molecule has 11 heteroatoms. The molecule has 0 aliphatic rings. The van der Waals surface area contributed by atoms with Gasteiger partial charge in [-0.2, -0.15) is 5.26 Å². The van der Waals surface area contributed by atoms with Gasteiger partial charge in [-0.1, -0.05) is 175 Å². The molecule has 0 unspecified atom stereocenters. The second-order valence-corrected chi connectivity index (χ2v) is 17.1. The van der Waals surface area contributed by atoms with Crippen molar-refractivity contribution in [2.45, 2.75) is 0 Å². The molecule has 0 saturated carbocycles. The molecule has 0 N–H and O–H groups in total. The molecular formula is C60H33B5N6. The van der Waals surface area contributed by atoms with Crippen LogP contribution in [0.25, 0.3) is 112 Å². The Bertz CT molecular complexity index is 3870. The fourth-order valence-corrected chi connectivity index (χ4v) is 8.94. The number of aromatic nitrogens is 5. The van der Waals surface area contributed by atoms with Gasteiger partial charge in [-0.3, -0.25) is 0 Å². The van der Waals surface area contributed by atoms with Gasteiger partial charge in [0.1, 0.15) is 39.2 Å². The lowest BCUT2D eigenvalue weighted by Gasteiger charge is -2.22. The average Bonchev–Trinajstić information content (AvgIpc) is 3.44. The number of hydrogen-bond acceptors (Lipinski definition) is 6. The van der Waals surface area contributed by atoms with Gasteiger partial charge in [0.25, 0.3) is 0 Å². The minimum Gasteiger partial charge on any atom is -0.228 e. The van der Waals surface area contributed by atoms with E-state index in [0.717, 1.165) is 77.8 Å². The first-order valence-corrected chi connectivity index (χ1v) is 22.8. The highest BCUT2D eigenvalue weighted by Gasteiger charge is 2.20. The van der Waals surface area contributed by atoms with Gasteiger partial charge in [0, 0.05) is 33.2 Å². The number of nitriles is 1. The van der Waals surface area contributed by atoms with Crippen LogP contribution in [-0.2, 0) is 0 Å². The van der Waals surface area contributed by atoms with E-state index >= 15 is 0 Å². The first-order valence-electron chi connectivity index (χ1n) is 22.8. The van der Waals surface area contributed by atoms with Crippen LogP contribution < -0.4 is 27.3 Å². The Labute approximate surface area is 418 Å². The first-order chi connectivity index (χ1) is 34.7. The number of hydrogen-bond donors (Lipinski definition) is 0. The summed E-state index contributed by atoms with van der Waals surface area (Å²) in [6.45, 7) is 0. The monoisotopic (exact) mass is 892 g/mol. The second-order valence-electron chi connectivity index (χ2n) is 17.1. The van der Waals surface area contributed by atoms with Crippen LogP contribution in [0.4, 0.5) is 0 Å². The van der Waals surface area contributed by atoms with Gasteiger partial charge in [-0.25, -0.2) is 24.9 Å². The SMILES string of the molecule is [B]c1c([B])c([B])c(-c2ccc(-c3nc(-c4ccccc4)nc4ccccc34)c(-c3ccc(-c4nc(-c5ccccc5)nc(-c5cccc(-c6cccc(-c7cccc(C#N)c7)c6)c5)n4)cc3)c2)c([B])c1[B]. The third-order valence-electron chi connectivity index (χ3n) is 12.7. The molecule has 0 aliphatic carbocycles. The van der Waals surface area contributed by atoms with Crippen LogP contribution in [0.1, 0.15) is 5.56 Å². The summed E-state index contributed by atoms with van der Waals surface area (Å²) in [5.74, 6) is 2.16. The van der Waals surface area contributed by atoms with Gasteiger partial charge in [-0.05, 0) is 80.9 Å². The molecule has 0 aliphatic heterocycles.